The van der Waals surface area contributed by atoms with E-state index in [1.54, 1.807) is 14.2 Å². The van der Waals surface area contributed by atoms with Crippen molar-refractivity contribution in [1.29, 1.82) is 0 Å². The summed E-state index contributed by atoms with van der Waals surface area (Å²) < 4.78 is 10.6. The Hall–Kier alpha value is -2.76. The van der Waals surface area contributed by atoms with Crippen LogP contribution in [-0.4, -0.2) is 44.8 Å². The molecule has 140 valence electrons. The number of guanidine groups is 1. The summed E-state index contributed by atoms with van der Waals surface area (Å²) in [6.45, 7) is 4.36. The normalized spacial score (nSPS) is 11.1. The standard InChI is InChI=1S/C20H28N4O2/c1-4-21-20(24-14-11-17-7-5-6-12-22-17)23-13-10-16-8-9-18(25-2)19(15-16)26-3/h5-9,12,15H,4,10-11,13-14H2,1-3H3,(H2,21,23,24). The summed E-state index contributed by atoms with van der Waals surface area (Å²) in [6.07, 6.45) is 3.50. The molecule has 1 aromatic heterocycles. The van der Waals surface area contributed by atoms with Crippen LogP contribution in [0.5, 0.6) is 11.5 Å². The zero-order valence-electron chi connectivity index (χ0n) is 15.8. The van der Waals surface area contributed by atoms with Gasteiger partial charge in [-0.2, -0.15) is 0 Å². The van der Waals surface area contributed by atoms with Crippen molar-refractivity contribution in [3.05, 3.63) is 53.9 Å². The average molecular weight is 356 g/mol. The monoisotopic (exact) mass is 356 g/mol. The Morgan fingerprint density at radius 1 is 1.04 bits per heavy atom. The molecule has 0 fully saturated rings. The van der Waals surface area contributed by atoms with Crippen LogP contribution in [0.15, 0.2) is 47.6 Å². The summed E-state index contributed by atoms with van der Waals surface area (Å²) in [5.74, 6) is 2.32. The van der Waals surface area contributed by atoms with Gasteiger partial charge in [0.2, 0.25) is 0 Å². The lowest BCUT2D eigenvalue weighted by molar-refractivity contribution is 0.354. The Kier molecular flexibility index (Phi) is 8.26. The highest BCUT2D eigenvalue weighted by molar-refractivity contribution is 5.79. The fourth-order valence-electron chi connectivity index (χ4n) is 2.53. The molecule has 1 aromatic carbocycles. The van der Waals surface area contributed by atoms with Gasteiger partial charge in [-0.25, -0.2) is 0 Å². The van der Waals surface area contributed by atoms with Crippen LogP contribution < -0.4 is 20.1 Å². The molecule has 2 rings (SSSR count). The van der Waals surface area contributed by atoms with Crippen molar-refractivity contribution in [2.45, 2.75) is 19.8 Å². The maximum atomic E-state index is 5.35. The fraction of sp³-hybridized carbons (Fsp3) is 0.400. The van der Waals surface area contributed by atoms with Crippen LogP contribution in [-0.2, 0) is 12.8 Å². The van der Waals surface area contributed by atoms with Gasteiger partial charge in [0, 0.05) is 37.9 Å². The summed E-state index contributed by atoms with van der Waals surface area (Å²) in [5.41, 5.74) is 2.23. The van der Waals surface area contributed by atoms with E-state index in [2.05, 4.69) is 27.5 Å². The highest BCUT2D eigenvalue weighted by Crippen LogP contribution is 2.27. The van der Waals surface area contributed by atoms with Crippen LogP contribution in [0.25, 0.3) is 0 Å². The van der Waals surface area contributed by atoms with Crippen molar-refractivity contribution in [2.24, 2.45) is 4.99 Å². The van der Waals surface area contributed by atoms with Crippen LogP contribution >= 0.6 is 0 Å². The predicted octanol–water partition coefficient (Wildman–Crippen LogP) is 2.44. The van der Waals surface area contributed by atoms with Crippen molar-refractivity contribution in [2.75, 3.05) is 33.9 Å². The van der Waals surface area contributed by atoms with Crippen LogP contribution in [0, 0.1) is 0 Å². The molecule has 0 radical (unpaired) electrons. The molecular weight excluding hydrogens is 328 g/mol. The molecule has 26 heavy (non-hydrogen) atoms. The van der Waals surface area contributed by atoms with E-state index in [1.807, 2.05) is 42.6 Å². The van der Waals surface area contributed by atoms with Crippen LogP contribution in [0.1, 0.15) is 18.2 Å². The number of methoxy groups -OCH3 is 2. The number of aliphatic imine (C=N–C) groups is 1. The Morgan fingerprint density at radius 3 is 2.58 bits per heavy atom. The molecule has 0 atom stereocenters. The molecule has 2 aromatic rings. The second kappa shape index (κ2) is 11.0. The SMILES string of the molecule is CCNC(=NCCc1ccccn1)NCCc1ccc(OC)c(OC)c1. The molecule has 0 aliphatic carbocycles. The third kappa shape index (κ3) is 6.27. The van der Waals surface area contributed by atoms with Gasteiger partial charge in [0.25, 0.3) is 0 Å². The molecule has 0 unspecified atom stereocenters. The van der Waals surface area contributed by atoms with E-state index < -0.39 is 0 Å². The third-order valence-corrected chi connectivity index (χ3v) is 3.86. The highest BCUT2D eigenvalue weighted by atomic mass is 16.5. The highest BCUT2D eigenvalue weighted by Gasteiger charge is 2.05. The summed E-state index contributed by atoms with van der Waals surface area (Å²) in [5, 5.41) is 6.64. The predicted molar refractivity (Wildman–Crippen MR) is 105 cm³/mol. The van der Waals surface area contributed by atoms with Gasteiger partial charge in [-0.05, 0) is 43.2 Å². The number of nitrogens with zero attached hydrogens (tertiary/aromatic N) is 2. The smallest absolute Gasteiger partial charge is 0.191 e. The van der Waals surface area contributed by atoms with E-state index in [0.717, 1.165) is 49.1 Å². The van der Waals surface area contributed by atoms with Gasteiger partial charge in [0.05, 0.1) is 14.2 Å². The number of hydrogen-bond acceptors (Lipinski definition) is 4. The van der Waals surface area contributed by atoms with Gasteiger partial charge in [0.1, 0.15) is 0 Å². The molecule has 0 saturated heterocycles. The largest absolute Gasteiger partial charge is 0.493 e. The first kappa shape index (κ1) is 19.6. The number of aromatic nitrogens is 1. The Morgan fingerprint density at radius 2 is 1.88 bits per heavy atom. The first-order chi connectivity index (χ1) is 12.8. The van der Waals surface area contributed by atoms with Gasteiger partial charge < -0.3 is 20.1 Å². The number of nitrogens with one attached hydrogen (secondary N) is 2. The Balaban J connectivity index is 1.85. The lowest BCUT2D eigenvalue weighted by atomic mass is 10.1. The maximum Gasteiger partial charge on any atom is 0.191 e. The molecule has 0 amide bonds. The lowest BCUT2D eigenvalue weighted by Crippen LogP contribution is -2.38. The summed E-state index contributed by atoms with van der Waals surface area (Å²) in [6, 6.07) is 11.9. The molecule has 6 nitrogen and oxygen atoms in total. The Bertz CT molecular complexity index is 689. The van der Waals surface area contributed by atoms with Crippen molar-refractivity contribution in [3.63, 3.8) is 0 Å². The third-order valence-electron chi connectivity index (χ3n) is 3.86. The average Bonchev–Trinajstić information content (AvgIpc) is 2.68. The minimum atomic E-state index is 0.697. The molecular formula is C20H28N4O2. The number of benzene rings is 1. The van der Waals surface area contributed by atoms with Crippen molar-refractivity contribution >= 4 is 5.96 Å². The van der Waals surface area contributed by atoms with Gasteiger partial charge in [0.15, 0.2) is 17.5 Å². The van der Waals surface area contributed by atoms with E-state index in [4.69, 9.17) is 9.47 Å². The van der Waals surface area contributed by atoms with E-state index in [-0.39, 0.29) is 0 Å². The van der Waals surface area contributed by atoms with E-state index >= 15 is 0 Å². The number of hydrogen-bond donors (Lipinski definition) is 2. The number of pyridine rings is 1. The van der Waals surface area contributed by atoms with Crippen molar-refractivity contribution in [3.8, 4) is 11.5 Å². The molecule has 0 bridgehead atoms. The van der Waals surface area contributed by atoms with Crippen LogP contribution in [0.3, 0.4) is 0 Å². The van der Waals surface area contributed by atoms with E-state index in [1.165, 1.54) is 5.56 Å². The minimum Gasteiger partial charge on any atom is -0.493 e. The van der Waals surface area contributed by atoms with Gasteiger partial charge >= 0.3 is 0 Å². The fourth-order valence-corrected chi connectivity index (χ4v) is 2.53. The first-order valence-corrected chi connectivity index (χ1v) is 8.89. The van der Waals surface area contributed by atoms with Crippen LogP contribution in [0.2, 0.25) is 0 Å². The Labute approximate surface area is 155 Å². The van der Waals surface area contributed by atoms with Gasteiger partial charge in [-0.1, -0.05) is 12.1 Å². The summed E-state index contributed by atoms with van der Waals surface area (Å²) in [7, 11) is 3.29. The topological polar surface area (TPSA) is 67.8 Å². The molecule has 0 spiro atoms. The van der Waals surface area contributed by atoms with E-state index in [0.29, 0.717) is 6.54 Å². The molecule has 6 heteroatoms. The lowest BCUT2D eigenvalue weighted by Gasteiger charge is -2.12. The number of rotatable bonds is 9. The first-order valence-electron chi connectivity index (χ1n) is 8.89. The van der Waals surface area contributed by atoms with Gasteiger partial charge in [-0.15, -0.1) is 0 Å². The molecule has 1 heterocycles. The van der Waals surface area contributed by atoms with E-state index in [9.17, 15) is 0 Å². The molecule has 0 aliphatic heterocycles. The maximum absolute atomic E-state index is 5.35. The zero-order chi connectivity index (χ0) is 18.6. The quantitative estimate of drug-likeness (QED) is 0.534. The molecule has 0 aliphatic rings. The van der Waals surface area contributed by atoms with Gasteiger partial charge in [-0.3, -0.25) is 9.98 Å². The molecule has 0 saturated carbocycles. The zero-order valence-corrected chi connectivity index (χ0v) is 15.8. The minimum absolute atomic E-state index is 0.697. The molecule has 2 N–H and O–H groups in total. The second-order valence-corrected chi connectivity index (χ2v) is 5.70. The van der Waals surface area contributed by atoms with Crippen LogP contribution in [0.4, 0.5) is 0 Å². The van der Waals surface area contributed by atoms with Crippen molar-refractivity contribution in [1.82, 2.24) is 15.6 Å². The second-order valence-electron chi connectivity index (χ2n) is 5.70. The number of ether oxygens (including phenoxy) is 2. The summed E-state index contributed by atoms with van der Waals surface area (Å²) in [4.78, 5) is 8.93. The van der Waals surface area contributed by atoms with Crippen molar-refractivity contribution < 1.29 is 9.47 Å². The summed E-state index contributed by atoms with van der Waals surface area (Å²) >= 11 is 0.